The minimum atomic E-state index is -4.03. The SMILES string of the molecule is COc1ccc(N(C2CCN(Cc3cccc([N+](=O)[O-])c3)CC2)S(=O)(=O)c2ccc(F)cc2)cc1OC. The van der Waals surface area contributed by atoms with Gasteiger partial charge >= 0.3 is 0 Å². The van der Waals surface area contributed by atoms with E-state index in [1.165, 1.54) is 36.7 Å². The second kappa shape index (κ2) is 11.1. The fraction of sp³-hybridized carbons (Fsp3) is 0.308. The van der Waals surface area contributed by atoms with Crippen LogP contribution in [0.4, 0.5) is 15.8 Å². The number of sulfonamides is 1. The van der Waals surface area contributed by atoms with Gasteiger partial charge in [-0.05, 0) is 54.8 Å². The predicted molar refractivity (Wildman–Crippen MR) is 137 cm³/mol. The molecule has 4 rings (SSSR count). The van der Waals surface area contributed by atoms with E-state index in [-0.39, 0.29) is 16.6 Å². The van der Waals surface area contributed by atoms with Crippen molar-refractivity contribution in [1.82, 2.24) is 4.90 Å². The Labute approximate surface area is 215 Å². The van der Waals surface area contributed by atoms with Crippen molar-refractivity contribution >= 4 is 21.4 Å². The summed E-state index contributed by atoms with van der Waals surface area (Å²) in [6.45, 7) is 1.71. The summed E-state index contributed by atoms with van der Waals surface area (Å²) < 4.78 is 53.3. The van der Waals surface area contributed by atoms with Crippen LogP contribution >= 0.6 is 0 Å². The number of piperidine rings is 1. The smallest absolute Gasteiger partial charge is 0.269 e. The number of likely N-dealkylation sites (tertiary alicyclic amines) is 1. The Bertz CT molecular complexity index is 1360. The van der Waals surface area contributed by atoms with Gasteiger partial charge in [0.25, 0.3) is 15.7 Å². The largest absolute Gasteiger partial charge is 0.493 e. The van der Waals surface area contributed by atoms with Gasteiger partial charge in [0.15, 0.2) is 11.5 Å². The molecule has 0 radical (unpaired) electrons. The lowest BCUT2D eigenvalue weighted by molar-refractivity contribution is -0.384. The van der Waals surface area contributed by atoms with Crippen molar-refractivity contribution in [1.29, 1.82) is 0 Å². The van der Waals surface area contributed by atoms with Crippen LogP contribution in [-0.4, -0.2) is 51.6 Å². The third kappa shape index (κ3) is 5.83. The van der Waals surface area contributed by atoms with Crippen LogP contribution in [0.5, 0.6) is 11.5 Å². The van der Waals surface area contributed by atoms with Gasteiger partial charge in [0, 0.05) is 43.9 Å². The molecule has 1 heterocycles. The summed E-state index contributed by atoms with van der Waals surface area (Å²) >= 11 is 0. The van der Waals surface area contributed by atoms with Crippen molar-refractivity contribution in [3.05, 3.63) is 88.2 Å². The van der Waals surface area contributed by atoms with Crippen LogP contribution in [0.25, 0.3) is 0 Å². The standard InChI is InChI=1S/C26H28FN3O6S/c1-35-25-11-8-22(17-26(25)36-2)29(37(33,34)24-9-6-20(27)7-10-24)21-12-14-28(15-13-21)18-19-4-3-5-23(16-19)30(31)32/h3-11,16-17,21H,12-15,18H2,1-2H3. The molecule has 3 aromatic rings. The number of anilines is 1. The summed E-state index contributed by atoms with van der Waals surface area (Å²) in [6, 6.07) is 15.9. The lowest BCUT2D eigenvalue weighted by atomic mass is 10.0. The third-order valence-corrected chi connectivity index (χ3v) is 8.30. The fourth-order valence-corrected chi connectivity index (χ4v) is 6.27. The molecule has 1 aliphatic rings. The number of rotatable bonds is 9. The van der Waals surface area contributed by atoms with Gasteiger partial charge in [-0.15, -0.1) is 0 Å². The number of non-ortho nitro benzene ring substituents is 1. The highest BCUT2D eigenvalue weighted by atomic mass is 32.2. The van der Waals surface area contributed by atoms with E-state index >= 15 is 0 Å². The van der Waals surface area contributed by atoms with Crippen LogP contribution in [0.15, 0.2) is 71.6 Å². The zero-order valence-electron chi connectivity index (χ0n) is 20.5. The minimum absolute atomic E-state index is 0.0114. The molecule has 9 nitrogen and oxygen atoms in total. The molecule has 196 valence electrons. The molecule has 0 aromatic heterocycles. The molecule has 0 N–H and O–H groups in total. The molecule has 1 fully saturated rings. The average molecular weight is 530 g/mol. The van der Waals surface area contributed by atoms with E-state index in [0.717, 1.165) is 17.7 Å². The van der Waals surface area contributed by atoms with Crippen LogP contribution in [0.3, 0.4) is 0 Å². The maximum Gasteiger partial charge on any atom is 0.269 e. The molecule has 0 bridgehead atoms. The van der Waals surface area contributed by atoms with Crippen molar-refractivity contribution in [3.8, 4) is 11.5 Å². The number of halogens is 1. The van der Waals surface area contributed by atoms with Crippen LogP contribution in [0, 0.1) is 15.9 Å². The van der Waals surface area contributed by atoms with Gasteiger partial charge in [-0.2, -0.15) is 0 Å². The quantitative estimate of drug-likeness (QED) is 0.295. The van der Waals surface area contributed by atoms with E-state index in [9.17, 15) is 22.9 Å². The van der Waals surface area contributed by atoms with Crippen molar-refractivity contribution in [2.24, 2.45) is 0 Å². The van der Waals surface area contributed by atoms with Gasteiger partial charge < -0.3 is 9.47 Å². The van der Waals surface area contributed by atoms with Crippen molar-refractivity contribution < 1.29 is 27.2 Å². The highest BCUT2D eigenvalue weighted by molar-refractivity contribution is 7.92. The van der Waals surface area contributed by atoms with E-state index in [0.29, 0.717) is 49.7 Å². The fourth-order valence-electron chi connectivity index (χ4n) is 4.57. The maximum absolute atomic E-state index is 13.8. The number of nitro benzene ring substituents is 1. The number of hydrogen-bond donors (Lipinski definition) is 0. The Morgan fingerprint density at radius 3 is 2.30 bits per heavy atom. The lowest BCUT2D eigenvalue weighted by Gasteiger charge is -2.39. The number of nitrogens with zero attached hydrogens (tertiary/aromatic N) is 3. The van der Waals surface area contributed by atoms with Crippen molar-refractivity contribution in [3.63, 3.8) is 0 Å². The summed E-state index contributed by atoms with van der Waals surface area (Å²) in [5, 5.41) is 11.1. The number of nitro groups is 1. The Hall–Kier alpha value is -3.70. The summed E-state index contributed by atoms with van der Waals surface area (Å²) in [7, 11) is -1.05. The summed E-state index contributed by atoms with van der Waals surface area (Å²) in [4.78, 5) is 12.8. The maximum atomic E-state index is 13.8. The van der Waals surface area contributed by atoms with Gasteiger partial charge in [-0.3, -0.25) is 19.3 Å². The highest BCUT2D eigenvalue weighted by Gasteiger charge is 2.35. The molecular formula is C26H28FN3O6S. The van der Waals surface area contributed by atoms with E-state index in [1.807, 2.05) is 6.07 Å². The first-order valence-corrected chi connectivity index (χ1v) is 13.1. The minimum Gasteiger partial charge on any atom is -0.493 e. The molecule has 0 atom stereocenters. The van der Waals surface area contributed by atoms with Gasteiger partial charge in [0.1, 0.15) is 5.82 Å². The van der Waals surface area contributed by atoms with Crippen molar-refractivity contribution in [2.75, 3.05) is 31.6 Å². The molecule has 0 saturated carbocycles. The van der Waals surface area contributed by atoms with Crippen LogP contribution in [-0.2, 0) is 16.6 Å². The lowest BCUT2D eigenvalue weighted by Crippen LogP contribution is -2.47. The summed E-state index contributed by atoms with van der Waals surface area (Å²) in [5.74, 6) is 0.339. The van der Waals surface area contributed by atoms with Crippen molar-refractivity contribution in [2.45, 2.75) is 30.3 Å². The Morgan fingerprint density at radius 2 is 1.68 bits per heavy atom. The van der Waals surface area contributed by atoms with Gasteiger partial charge in [-0.1, -0.05) is 12.1 Å². The second-order valence-electron chi connectivity index (χ2n) is 8.73. The van der Waals surface area contributed by atoms with Gasteiger partial charge in [-0.25, -0.2) is 12.8 Å². The van der Waals surface area contributed by atoms with E-state index in [2.05, 4.69) is 4.90 Å². The Kier molecular flexibility index (Phi) is 7.94. The van der Waals surface area contributed by atoms with E-state index in [4.69, 9.17) is 9.47 Å². The van der Waals surface area contributed by atoms with E-state index < -0.39 is 20.8 Å². The van der Waals surface area contributed by atoms with Crippen LogP contribution in [0.1, 0.15) is 18.4 Å². The molecule has 3 aromatic carbocycles. The monoisotopic (exact) mass is 529 g/mol. The van der Waals surface area contributed by atoms with Gasteiger partial charge in [0.05, 0.1) is 29.7 Å². The molecule has 1 saturated heterocycles. The molecule has 0 spiro atoms. The highest BCUT2D eigenvalue weighted by Crippen LogP contribution is 2.37. The summed E-state index contributed by atoms with van der Waals surface area (Å²) in [5.41, 5.74) is 1.28. The number of hydrogen-bond acceptors (Lipinski definition) is 7. The first-order valence-electron chi connectivity index (χ1n) is 11.7. The molecule has 0 aliphatic carbocycles. The average Bonchev–Trinajstić information content (AvgIpc) is 2.90. The first kappa shape index (κ1) is 26.4. The molecule has 0 unspecified atom stereocenters. The van der Waals surface area contributed by atoms with Crippen LogP contribution < -0.4 is 13.8 Å². The number of methoxy groups -OCH3 is 2. The van der Waals surface area contributed by atoms with Crippen LogP contribution in [0.2, 0.25) is 0 Å². The number of benzene rings is 3. The first-order chi connectivity index (χ1) is 17.7. The predicted octanol–water partition coefficient (Wildman–Crippen LogP) is 4.61. The number of ether oxygens (including phenoxy) is 2. The Balaban J connectivity index is 1.61. The molecule has 0 amide bonds. The molecular weight excluding hydrogens is 501 g/mol. The van der Waals surface area contributed by atoms with E-state index in [1.54, 1.807) is 30.3 Å². The molecule has 1 aliphatic heterocycles. The third-order valence-electron chi connectivity index (χ3n) is 6.41. The topological polar surface area (TPSA) is 102 Å². The zero-order valence-corrected chi connectivity index (χ0v) is 21.4. The van der Waals surface area contributed by atoms with Gasteiger partial charge in [0.2, 0.25) is 0 Å². The second-order valence-corrected chi connectivity index (χ2v) is 10.5. The molecule has 37 heavy (non-hydrogen) atoms. The normalized spacial score (nSPS) is 14.8. The zero-order chi connectivity index (χ0) is 26.6. The Morgan fingerprint density at radius 1 is 1.00 bits per heavy atom. The molecule has 11 heteroatoms. The summed E-state index contributed by atoms with van der Waals surface area (Å²) in [6.07, 6.45) is 1.06.